The SMILES string of the molecule is O=C(O)Cn1c2ccccc2c2ccc(OC/C=C3\CN4CCC3CC4)cc21. The molecule has 1 aromatic heterocycles. The maximum absolute atomic E-state index is 11.4. The highest BCUT2D eigenvalue weighted by atomic mass is 16.5. The molecule has 0 spiro atoms. The number of carboxylic acids is 1. The number of ether oxygens (including phenoxy) is 1. The van der Waals surface area contributed by atoms with Crippen LogP contribution < -0.4 is 4.74 Å². The standard InChI is InChI=1S/C23H24N2O3/c26-23(27)15-25-21-4-2-1-3-19(21)20-6-5-18(13-22(20)25)28-12-9-17-14-24-10-7-16(17)8-11-24/h1-6,9,13,16H,7-8,10-12,14-15H2,(H,26,27)/b17-9+. The Kier molecular flexibility index (Phi) is 4.32. The zero-order valence-corrected chi connectivity index (χ0v) is 15.8. The number of hydrogen-bond donors (Lipinski definition) is 1. The number of carboxylic acid groups (broad SMARTS) is 1. The maximum Gasteiger partial charge on any atom is 0.323 e. The Hall–Kier alpha value is -2.79. The molecule has 0 unspecified atom stereocenters. The molecule has 0 saturated carbocycles. The third-order valence-electron chi connectivity index (χ3n) is 6.15. The number of aromatic nitrogens is 1. The van der Waals surface area contributed by atoms with Crippen LogP contribution in [0, 0.1) is 5.92 Å². The fourth-order valence-electron chi connectivity index (χ4n) is 4.75. The molecule has 0 atom stereocenters. The first-order valence-electron chi connectivity index (χ1n) is 9.96. The molecule has 144 valence electrons. The van der Waals surface area contributed by atoms with Crippen LogP contribution in [0.15, 0.2) is 54.1 Å². The van der Waals surface area contributed by atoms with Crippen LogP contribution in [0.5, 0.6) is 5.75 Å². The quantitative estimate of drug-likeness (QED) is 0.686. The molecule has 3 aliphatic rings. The molecule has 3 fully saturated rings. The zero-order valence-electron chi connectivity index (χ0n) is 15.8. The Labute approximate surface area is 163 Å². The second-order valence-corrected chi connectivity index (χ2v) is 7.82. The van der Waals surface area contributed by atoms with E-state index >= 15 is 0 Å². The van der Waals surface area contributed by atoms with Crippen molar-refractivity contribution in [2.45, 2.75) is 19.4 Å². The summed E-state index contributed by atoms with van der Waals surface area (Å²) in [4.78, 5) is 13.9. The van der Waals surface area contributed by atoms with Gasteiger partial charge in [0, 0.05) is 28.9 Å². The number of benzene rings is 2. The van der Waals surface area contributed by atoms with Crippen molar-refractivity contribution < 1.29 is 14.6 Å². The highest BCUT2D eigenvalue weighted by Crippen LogP contribution is 2.33. The topological polar surface area (TPSA) is 54.7 Å². The number of carbonyl (C=O) groups is 1. The van der Waals surface area contributed by atoms with Crippen molar-refractivity contribution in [2.24, 2.45) is 5.92 Å². The van der Waals surface area contributed by atoms with Gasteiger partial charge in [0.15, 0.2) is 0 Å². The first kappa shape index (κ1) is 17.3. The summed E-state index contributed by atoms with van der Waals surface area (Å²) in [6.07, 6.45) is 4.78. The number of aliphatic carboxylic acids is 1. The Morgan fingerprint density at radius 3 is 2.64 bits per heavy atom. The van der Waals surface area contributed by atoms with Gasteiger partial charge in [-0.05, 0) is 56.1 Å². The summed E-state index contributed by atoms with van der Waals surface area (Å²) < 4.78 is 7.88. The van der Waals surface area contributed by atoms with E-state index < -0.39 is 5.97 Å². The first-order chi connectivity index (χ1) is 13.7. The molecular weight excluding hydrogens is 352 g/mol. The number of fused-ring (bicyclic) bond motifs is 6. The lowest BCUT2D eigenvalue weighted by atomic mass is 9.84. The van der Waals surface area contributed by atoms with Gasteiger partial charge in [-0.25, -0.2) is 0 Å². The first-order valence-corrected chi connectivity index (χ1v) is 9.96. The predicted octanol–water partition coefficient (Wildman–Crippen LogP) is 3.91. The molecule has 0 amide bonds. The van der Waals surface area contributed by atoms with E-state index in [1.807, 2.05) is 47.0 Å². The van der Waals surface area contributed by atoms with E-state index in [-0.39, 0.29) is 6.54 Å². The number of nitrogens with zero attached hydrogens (tertiary/aromatic N) is 2. The van der Waals surface area contributed by atoms with Crippen LogP contribution in [-0.2, 0) is 11.3 Å². The summed E-state index contributed by atoms with van der Waals surface area (Å²) in [5, 5.41) is 11.5. The van der Waals surface area contributed by atoms with Gasteiger partial charge < -0.3 is 14.4 Å². The van der Waals surface area contributed by atoms with Crippen molar-refractivity contribution in [3.63, 3.8) is 0 Å². The Bertz CT molecular complexity index is 1070. The highest BCUT2D eigenvalue weighted by molar-refractivity contribution is 6.08. The van der Waals surface area contributed by atoms with Gasteiger partial charge in [-0.15, -0.1) is 0 Å². The van der Waals surface area contributed by atoms with E-state index in [4.69, 9.17) is 4.74 Å². The van der Waals surface area contributed by atoms with Crippen LogP contribution in [0.2, 0.25) is 0 Å². The van der Waals surface area contributed by atoms with E-state index in [1.54, 1.807) is 0 Å². The molecule has 3 saturated heterocycles. The molecule has 3 aromatic rings. The van der Waals surface area contributed by atoms with Crippen LogP contribution in [0.4, 0.5) is 0 Å². The minimum atomic E-state index is -0.846. The number of rotatable bonds is 5. The lowest BCUT2D eigenvalue weighted by Gasteiger charge is -2.41. The van der Waals surface area contributed by atoms with Gasteiger partial charge in [0.25, 0.3) is 0 Å². The van der Waals surface area contributed by atoms with Crippen molar-refractivity contribution in [2.75, 3.05) is 26.2 Å². The largest absolute Gasteiger partial charge is 0.489 e. The van der Waals surface area contributed by atoms with Gasteiger partial charge in [0.2, 0.25) is 0 Å². The van der Waals surface area contributed by atoms with Gasteiger partial charge in [0.1, 0.15) is 18.9 Å². The van der Waals surface area contributed by atoms with E-state index in [0.717, 1.165) is 40.0 Å². The van der Waals surface area contributed by atoms with Crippen LogP contribution >= 0.6 is 0 Å². The Morgan fingerprint density at radius 2 is 1.89 bits per heavy atom. The summed E-state index contributed by atoms with van der Waals surface area (Å²) in [5.41, 5.74) is 3.35. The van der Waals surface area contributed by atoms with Crippen LogP contribution in [0.1, 0.15) is 12.8 Å². The normalized spacial score (nSPS) is 22.9. The summed E-state index contributed by atoms with van der Waals surface area (Å²) in [6.45, 7) is 4.04. The van der Waals surface area contributed by atoms with E-state index in [0.29, 0.717) is 6.61 Å². The minimum absolute atomic E-state index is 0.0605. The molecule has 5 heteroatoms. The van der Waals surface area contributed by atoms with Gasteiger partial charge in [-0.1, -0.05) is 23.8 Å². The summed E-state index contributed by atoms with van der Waals surface area (Å²) >= 11 is 0. The minimum Gasteiger partial charge on any atom is -0.489 e. The highest BCUT2D eigenvalue weighted by Gasteiger charge is 2.29. The van der Waals surface area contributed by atoms with Gasteiger partial charge >= 0.3 is 5.97 Å². The Morgan fingerprint density at radius 1 is 1.11 bits per heavy atom. The third-order valence-corrected chi connectivity index (χ3v) is 6.15. The molecule has 2 bridgehead atoms. The molecule has 5 nitrogen and oxygen atoms in total. The fraction of sp³-hybridized carbons (Fsp3) is 0.348. The monoisotopic (exact) mass is 376 g/mol. The lowest BCUT2D eigenvalue weighted by molar-refractivity contribution is -0.137. The predicted molar refractivity (Wildman–Crippen MR) is 110 cm³/mol. The smallest absolute Gasteiger partial charge is 0.323 e. The Balaban J connectivity index is 1.43. The molecular formula is C23H24N2O3. The molecule has 2 aromatic carbocycles. The van der Waals surface area contributed by atoms with Crippen molar-refractivity contribution >= 4 is 27.8 Å². The summed E-state index contributed by atoms with van der Waals surface area (Å²) in [5.74, 6) is 0.662. The molecule has 3 aliphatic heterocycles. The van der Waals surface area contributed by atoms with Gasteiger partial charge in [-0.3, -0.25) is 9.69 Å². The third kappa shape index (κ3) is 3.06. The molecule has 28 heavy (non-hydrogen) atoms. The molecule has 0 radical (unpaired) electrons. The number of hydrogen-bond acceptors (Lipinski definition) is 3. The molecule has 4 heterocycles. The van der Waals surface area contributed by atoms with Crippen molar-refractivity contribution in [1.29, 1.82) is 0 Å². The number of para-hydroxylation sites is 1. The van der Waals surface area contributed by atoms with Crippen LogP contribution in [0.25, 0.3) is 21.8 Å². The van der Waals surface area contributed by atoms with E-state index in [9.17, 15) is 9.90 Å². The molecule has 0 aliphatic carbocycles. The second-order valence-electron chi connectivity index (χ2n) is 7.82. The van der Waals surface area contributed by atoms with Crippen LogP contribution in [0.3, 0.4) is 0 Å². The summed E-state index contributed by atoms with van der Waals surface area (Å²) in [6, 6.07) is 13.9. The molecule has 1 N–H and O–H groups in total. The van der Waals surface area contributed by atoms with Gasteiger partial charge in [-0.2, -0.15) is 0 Å². The van der Waals surface area contributed by atoms with E-state index in [2.05, 4.69) is 11.0 Å². The van der Waals surface area contributed by atoms with Gasteiger partial charge in [0.05, 0.1) is 5.52 Å². The summed E-state index contributed by atoms with van der Waals surface area (Å²) in [7, 11) is 0. The average Bonchev–Trinajstić information content (AvgIpc) is 3.02. The van der Waals surface area contributed by atoms with Crippen molar-refractivity contribution in [1.82, 2.24) is 9.47 Å². The van der Waals surface area contributed by atoms with Crippen molar-refractivity contribution in [3.05, 3.63) is 54.1 Å². The fourth-order valence-corrected chi connectivity index (χ4v) is 4.75. The second kappa shape index (κ2) is 6.99. The average molecular weight is 376 g/mol. The zero-order chi connectivity index (χ0) is 19.1. The van der Waals surface area contributed by atoms with Crippen molar-refractivity contribution in [3.8, 4) is 5.75 Å². The number of piperidine rings is 3. The van der Waals surface area contributed by atoms with Crippen LogP contribution in [-0.4, -0.2) is 46.8 Å². The molecule has 6 rings (SSSR count). The van der Waals surface area contributed by atoms with E-state index in [1.165, 1.54) is 31.5 Å². The lowest BCUT2D eigenvalue weighted by Crippen LogP contribution is -2.43. The maximum atomic E-state index is 11.4.